The summed E-state index contributed by atoms with van der Waals surface area (Å²) in [5.41, 5.74) is 0.690. The highest BCUT2D eigenvalue weighted by Gasteiger charge is 2.35. The molecular weight excluding hydrogens is 566 g/mol. The lowest BCUT2D eigenvalue weighted by molar-refractivity contribution is -0.140. The maximum atomic E-state index is 13.8. The lowest BCUT2D eigenvalue weighted by atomic mass is 10.1. The molecule has 0 aliphatic heterocycles. The van der Waals surface area contributed by atoms with Crippen LogP contribution in [0.2, 0.25) is 0 Å². The van der Waals surface area contributed by atoms with Crippen molar-refractivity contribution in [3.05, 3.63) is 86.7 Å². The van der Waals surface area contributed by atoms with Gasteiger partial charge in [-0.1, -0.05) is 13.0 Å². The molecular formula is C27H23F4N5O2S2. The highest BCUT2D eigenvalue weighted by molar-refractivity contribution is 7.99. The first kappa shape index (κ1) is 29.2. The van der Waals surface area contributed by atoms with Gasteiger partial charge in [0, 0.05) is 12.3 Å². The number of carbonyl (C=O) groups excluding carboxylic acids is 1. The Kier molecular flexibility index (Phi) is 8.90. The Morgan fingerprint density at radius 2 is 1.95 bits per heavy atom. The summed E-state index contributed by atoms with van der Waals surface area (Å²) in [5, 5.41) is 9.18. The third-order valence-electron chi connectivity index (χ3n) is 6.18. The zero-order valence-electron chi connectivity index (χ0n) is 21.4. The minimum absolute atomic E-state index is 0.00599. The number of hydrogen-bond acceptors (Lipinski definition) is 7. The number of hydrogen-bond donors (Lipinski definition) is 0. The van der Waals surface area contributed by atoms with Crippen LogP contribution in [0.1, 0.15) is 42.4 Å². The SMILES string of the molecule is CCSCCN(C(=O)Cc1ccc(F)c(C(F)(F)F)c1)C(C)c1nc2ncsc2c(=O)n1-c1ccc(C#N)cc1. The highest BCUT2D eigenvalue weighted by atomic mass is 32.2. The van der Waals surface area contributed by atoms with Crippen LogP contribution in [-0.4, -0.2) is 43.4 Å². The molecule has 4 rings (SSSR count). The van der Waals surface area contributed by atoms with E-state index in [9.17, 15) is 32.4 Å². The van der Waals surface area contributed by atoms with Crippen molar-refractivity contribution in [1.82, 2.24) is 19.4 Å². The zero-order valence-corrected chi connectivity index (χ0v) is 23.0. The van der Waals surface area contributed by atoms with Crippen LogP contribution in [0.25, 0.3) is 16.0 Å². The lowest BCUT2D eigenvalue weighted by Crippen LogP contribution is -2.39. The van der Waals surface area contributed by atoms with Crippen molar-refractivity contribution in [3.8, 4) is 11.8 Å². The second-order valence-corrected chi connectivity index (χ2v) is 11.0. The van der Waals surface area contributed by atoms with Gasteiger partial charge in [-0.05, 0) is 54.6 Å². The summed E-state index contributed by atoms with van der Waals surface area (Å²) >= 11 is 2.69. The average Bonchev–Trinajstić information content (AvgIpc) is 3.40. The number of nitrogens with zero attached hydrogens (tertiary/aromatic N) is 5. The molecule has 4 aromatic rings. The Morgan fingerprint density at radius 1 is 1.23 bits per heavy atom. The summed E-state index contributed by atoms with van der Waals surface area (Å²) < 4.78 is 55.3. The first-order valence-electron chi connectivity index (χ1n) is 12.1. The number of fused-ring (bicyclic) bond motifs is 1. The van der Waals surface area contributed by atoms with Crippen molar-refractivity contribution >= 4 is 39.4 Å². The number of thioether (sulfide) groups is 1. The van der Waals surface area contributed by atoms with Crippen molar-refractivity contribution < 1.29 is 22.4 Å². The molecule has 0 N–H and O–H groups in total. The molecule has 2 aromatic heterocycles. The molecule has 0 aliphatic carbocycles. The number of alkyl halides is 3. The van der Waals surface area contributed by atoms with Gasteiger partial charge in [-0.15, -0.1) is 11.3 Å². The molecule has 0 saturated heterocycles. The molecule has 0 fully saturated rings. The van der Waals surface area contributed by atoms with E-state index >= 15 is 0 Å². The van der Waals surface area contributed by atoms with Crippen molar-refractivity contribution in [3.63, 3.8) is 0 Å². The number of amides is 1. The fourth-order valence-corrected chi connectivity index (χ4v) is 5.47. The molecule has 0 aliphatic rings. The number of thiazole rings is 1. The van der Waals surface area contributed by atoms with Crippen LogP contribution < -0.4 is 5.56 Å². The monoisotopic (exact) mass is 589 g/mol. The van der Waals surface area contributed by atoms with E-state index in [1.807, 2.05) is 13.0 Å². The average molecular weight is 590 g/mol. The fourth-order valence-electron chi connectivity index (χ4n) is 4.20. The van der Waals surface area contributed by atoms with Gasteiger partial charge in [0.05, 0.1) is 40.9 Å². The van der Waals surface area contributed by atoms with Crippen LogP contribution in [0.3, 0.4) is 0 Å². The second kappa shape index (κ2) is 12.2. The number of aromatic nitrogens is 3. The van der Waals surface area contributed by atoms with Crippen LogP contribution >= 0.6 is 23.1 Å². The first-order valence-corrected chi connectivity index (χ1v) is 14.2. The van der Waals surface area contributed by atoms with Crippen LogP contribution in [0.5, 0.6) is 0 Å². The lowest BCUT2D eigenvalue weighted by Gasteiger charge is -2.30. The molecule has 0 saturated carbocycles. The molecule has 2 heterocycles. The molecule has 0 spiro atoms. The van der Waals surface area contributed by atoms with Gasteiger partial charge in [0.25, 0.3) is 5.56 Å². The minimum Gasteiger partial charge on any atom is -0.332 e. The smallest absolute Gasteiger partial charge is 0.332 e. The van der Waals surface area contributed by atoms with Crippen LogP contribution in [0, 0.1) is 17.1 Å². The highest BCUT2D eigenvalue weighted by Crippen LogP contribution is 2.32. The summed E-state index contributed by atoms with van der Waals surface area (Å²) in [7, 11) is 0. The van der Waals surface area contributed by atoms with Crippen molar-refractivity contribution in [2.75, 3.05) is 18.1 Å². The standard InChI is InChI=1S/C27H23F4N5O2S2/c1-3-39-11-10-35(22(37)13-18-6-9-21(28)20(12-18)27(29,30)31)16(2)25-34-24-23(40-15-33-24)26(38)36(25)19-7-4-17(14-32)5-8-19/h4-9,12,15-16H,3,10-11,13H2,1-2H3. The van der Waals surface area contributed by atoms with Gasteiger partial charge in [0.1, 0.15) is 16.3 Å². The zero-order chi connectivity index (χ0) is 29.0. The summed E-state index contributed by atoms with van der Waals surface area (Å²) in [6.07, 6.45) is -5.32. The van der Waals surface area contributed by atoms with Gasteiger partial charge in [-0.25, -0.2) is 14.4 Å². The van der Waals surface area contributed by atoms with Crippen LogP contribution in [0.15, 0.2) is 52.8 Å². The minimum atomic E-state index is -4.90. The van der Waals surface area contributed by atoms with Crippen LogP contribution in [0.4, 0.5) is 17.6 Å². The molecule has 40 heavy (non-hydrogen) atoms. The summed E-state index contributed by atoms with van der Waals surface area (Å²) in [6, 6.07) is 10.0. The molecule has 0 radical (unpaired) electrons. The topological polar surface area (TPSA) is 91.9 Å². The molecule has 1 amide bonds. The van der Waals surface area contributed by atoms with Crippen molar-refractivity contribution in [2.45, 2.75) is 32.5 Å². The summed E-state index contributed by atoms with van der Waals surface area (Å²) in [6.45, 7) is 3.86. The van der Waals surface area contributed by atoms with Crippen molar-refractivity contribution in [2.24, 2.45) is 0 Å². The van der Waals surface area contributed by atoms with Gasteiger partial charge in [-0.3, -0.25) is 14.2 Å². The fraction of sp³-hybridized carbons (Fsp3) is 0.296. The Balaban J connectivity index is 1.77. The second-order valence-electron chi connectivity index (χ2n) is 8.72. The van der Waals surface area contributed by atoms with Gasteiger partial charge in [0.15, 0.2) is 5.65 Å². The molecule has 1 atom stereocenters. The Bertz CT molecular complexity index is 1630. The van der Waals surface area contributed by atoms with E-state index in [1.165, 1.54) is 15.0 Å². The Labute approximate surface area is 235 Å². The summed E-state index contributed by atoms with van der Waals surface area (Å²) in [4.78, 5) is 37.4. The van der Waals surface area contributed by atoms with Crippen molar-refractivity contribution in [1.29, 1.82) is 5.26 Å². The van der Waals surface area contributed by atoms with E-state index in [-0.39, 0.29) is 23.6 Å². The third kappa shape index (κ3) is 6.18. The number of carbonyl (C=O) groups is 1. The van der Waals surface area contributed by atoms with Gasteiger partial charge >= 0.3 is 6.18 Å². The Hall–Kier alpha value is -3.76. The van der Waals surface area contributed by atoms with E-state index in [0.29, 0.717) is 33.8 Å². The molecule has 208 valence electrons. The van der Waals surface area contributed by atoms with Gasteiger partial charge < -0.3 is 4.90 Å². The molecule has 7 nitrogen and oxygen atoms in total. The third-order valence-corrected chi connectivity index (χ3v) is 7.87. The predicted molar refractivity (Wildman–Crippen MR) is 146 cm³/mol. The maximum absolute atomic E-state index is 13.8. The molecule has 2 aromatic carbocycles. The predicted octanol–water partition coefficient (Wildman–Crippen LogP) is 5.76. The normalized spacial score (nSPS) is 12.3. The number of rotatable bonds is 9. The van der Waals surface area contributed by atoms with E-state index in [0.717, 1.165) is 23.2 Å². The number of benzene rings is 2. The van der Waals surface area contributed by atoms with Crippen LogP contribution in [-0.2, 0) is 17.4 Å². The Morgan fingerprint density at radius 3 is 2.60 bits per heavy atom. The summed E-state index contributed by atoms with van der Waals surface area (Å²) in [5.74, 6) is -0.409. The number of halogens is 4. The maximum Gasteiger partial charge on any atom is 0.419 e. The number of nitriles is 1. The van der Waals surface area contributed by atoms with E-state index in [4.69, 9.17) is 0 Å². The molecule has 1 unspecified atom stereocenters. The van der Waals surface area contributed by atoms with E-state index in [2.05, 4.69) is 9.97 Å². The quantitative estimate of drug-likeness (QED) is 0.182. The van der Waals surface area contributed by atoms with Gasteiger partial charge in [-0.2, -0.15) is 30.2 Å². The van der Waals surface area contributed by atoms with E-state index < -0.39 is 41.5 Å². The van der Waals surface area contributed by atoms with Gasteiger partial charge in [0.2, 0.25) is 5.91 Å². The largest absolute Gasteiger partial charge is 0.419 e. The molecule has 0 bridgehead atoms. The first-order chi connectivity index (χ1) is 19.0. The molecule has 13 heteroatoms. The van der Waals surface area contributed by atoms with E-state index in [1.54, 1.807) is 43.0 Å².